The van der Waals surface area contributed by atoms with Crippen LogP contribution in [0.3, 0.4) is 0 Å². The molecule has 0 aromatic heterocycles. The summed E-state index contributed by atoms with van der Waals surface area (Å²) in [6.07, 6.45) is 0.675. The summed E-state index contributed by atoms with van der Waals surface area (Å²) in [4.78, 5) is 22.4. The van der Waals surface area contributed by atoms with Crippen molar-refractivity contribution >= 4 is 24.5 Å². The first-order chi connectivity index (χ1) is 7.36. The standard InChI is InChI=1S/C11H21NO3S/c1-7(2)5-8(3)15-11(14)10(6-16)12-9(4)13/h7-8,10,16H,5-6H2,1-4H3,(H,12,13). The number of amides is 1. The third-order valence-corrected chi connectivity index (χ3v) is 2.33. The highest BCUT2D eigenvalue weighted by atomic mass is 32.1. The smallest absolute Gasteiger partial charge is 0.329 e. The number of carbonyl (C=O) groups is 2. The molecule has 0 aromatic carbocycles. The third-order valence-electron chi connectivity index (χ3n) is 1.97. The fraction of sp³-hybridized carbons (Fsp3) is 0.818. The van der Waals surface area contributed by atoms with Crippen LogP contribution in [0.15, 0.2) is 0 Å². The summed E-state index contributed by atoms with van der Waals surface area (Å²) in [5, 5.41) is 2.50. The lowest BCUT2D eigenvalue weighted by Crippen LogP contribution is -2.43. The van der Waals surface area contributed by atoms with Gasteiger partial charge in [-0.1, -0.05) is 13.8 Å². The number of hydrogen-bond donors (Lipinski definition) is 2. The molecule has 0 saturated carbocycles. The molecule has 0 aliphatic rings. The van der Waals surface area contributed by atoms with Gasteiger partial charge in [0.05, 0.1) is 6.10 Å². The second-order valence-corrected chi connectivity index (χ2v) is 4.68. The molecule has 1 N–H and O–H groups in total. The van der Waals surface area contributed by atoms with Gasteiger partial charge in [-0.05, 0) is 19.3 Å². The van der Waals surface area contributed by atoms with E-state index in [2.05, 4.69) is 31.8 Å². The highest BCUT2D eigenvalue weighted by Gasteiger charge is 2.21. The van der Waals surface area contributed by atoms with Crippen LogP contribution < -0.4 is 5.32 Å². The maximum Gasteiger partial charge on any atom is 0.329 e. The Bertz CT molecular complexity index is 243. The molecule has 94 valence electrons. The zero-order valence-corrected chi connectivity index (χ0v) is 11.2. The zero-order chi connectivity index (χ0) is 12.7. The van der Waals surface area contributed by atoms with Crippen LogP contribution in [-0.4, -0.2) is 29.8 Å². The van der Waals surface area contributed by atoms with Gasteiger partial charge in [-0.25, -0.2) is 4.79 Å². The van der Waals surface area contributed by atoms with E-state index >= 15 is 0 Å². The molecule has 0 heterocycles. The van der Waals surface area contributed by atoms with Crippen molar-refractivity contribution in [3.63, 3.8) is 0 Å². The number of esters is 1. The zero-order valence-electron chi connectivity index (χ0n) is 10.3. The first-order valence-corrected chi connectivity index (χ1v) is 6.08. The largest absolute Gasteiger partial charge is 0.461 e. The maximum atomic E-state index is 11.6. The number of hydrogen-bond acceptors (Lipinski definition) is 4. The molecule has 0 bridgehead atoms. The van der Waals surface area contributed by atoms with E-state index < -0.39 is 12.0 Å². The summed E-state index contributed by atoms with van der Waals surface area (Å²) in [5.74, 6) is 0.0381. The van der Waals surface area contributed by atoms with E-state index in [-0.39, 0.29) is 17.8 Å². The molecule has 2 atom stereocenters. The highest BCUT2D eigenvalue weighted by molar-refractivity contribution is 7.80. The normalized spacial score (nSPS) is 14.4. The molecular weight excluding hydrogens is 226 g/mol. The van der Waals surface area contributed by atoms with Crippen molar-refractivity contribution in [3.8, 4) is 0 Å². The Morgan fingerprint density at radius 2 is 1.88 bits per heavy atom. The number of nitrogens with one attached hydrogen (secondary N) is 1. The average Bonchev–Trinajstić information content (AvgIpc) is 2.11. The van der Waals surface area contributed by atoms with E-state index in [1.807, 2.05) is 6.92 Å². The van der Waals surface area contributed by atoms with Crippen molar-refractivity contribution in [2.75, 3.05) is 5.75 Å². The lowest BCUT2D eigenvalue weighted by molar-refractivity contribution is -0.152. The fourth-order valence-electron chi connectivity index (χ4n) is 1.42. The monoisotopic (exact) mass is 247 g/mol. The van der Waals surface area contributed by atoms with E-state index in [0.717, 1.165) is 6.42 Å². The van der Waals surface area contributed by atoms with Gasteiger partial charge < -0.3 is 10.1 Å². The Labute approximate surface area is 103 Å². The number of rotatable bonds is 6. The Hall–Kier alpha value is -0.710. The van der Waals surface area contributed by atoms with Crippen LogP contribution in [0.4, 0.5) is 0 Å². The molecule has 0 radical (unpaired) electrons. The van der Waals surface area contributed by atoms with Crippen LogP contribution in [-0.2, 0) is 14.3 Å². The summed E-state index contributed by atoms with van der Waals surface area (Å²) in [7, 11) is 0. The predicted molar refractivity (Wildman–Crippen MR) is 66.5 cm³/mol. The molecule has 16 heavy (non-hydrogen) atoms. The SMILES string of the molecule is CC(=O)NC(CS)C(=O)OC(C)CC(C)C. The molecule has 0 aliphatic carbocycles. The summed E-state index contributed by atoms with van der Waals surface area (Å²) in [6.45, 7) is 7.34. The van der Waals surface area contributed by atoms with E-state index in [1.54, 1.807) is 0 Å². The summed E-state index contributed by atoms with van der Waals surface area (Å²) < 4.78 is 5.21. The molecular formula is C11H21NO3S. The molecule has 0 aromatic rings. The minimum absolute atomic E-state index is 0.136. The number of thiol groups is 1. The molecule has 0 rings (SSSR count). The van der Waals surface area contributed by atoms with Crippen molar-refractivity contribution in [3.05, 3.63) is 0 Å². The summed E-state index contributed by atoms with van der Waals surface area (Å²) >= 11 is 4.01. The highest BCUT2D eigenvalue weighted by Crippen LogP contribution is 2.08. The van der Waals surface area contributed by atoms with Crippen LogP contribution >= 0.6 is 12.6 Å². The van der Waals surface area contributed by atoms with Crippen molar-refractivity contribution < 1.29 is 14.3 Å². The minimum atomic E-state index is -0.657. The first-order valence-electron chi connectivity index (χ1n) is 5.45. The Morgan fingerprint density at radius 1 is 1.31 bits per heavy atom. The summed E-state index contributed by atoms with van der Waals surface area (Å²) in [6, 6.07) is -0.657. The van der Waals surface area contributed by atoms with Crippen LogP contribution in [0.2, 0.25) is 0 Å². The molecule has 2 unspecified atom stereocenters. The Morgan fingerprint density at radius 3 is 2.25 bits per heavy atom. The summed E-state index contributed by atoms with van der Waals surface area (Å²) in [5.41, 5.74) is 0. The van der Waals surface area contributed by atoms with Crippen LogP contribution in [0.5, 0.6) is 0 Å². The third kappa shape index (κ3) is 6.71. The quantitative estimate of drug-likeness (QED) is 0.551. The van der Waals surface area contributed by atoms with Gasteiger partial charge in [0, 0.05) is 12.7 Å². The second-order valence-electron chi connectivity index (χ2n) is 4.31. The second kappa shape index (κ2) is 7.54. The lowest BCUT2D eigenvalue weighted by atomic mass is 10.1. The first kappa shape index (κ1) is 15.3. The van der Waals surface area contributed by atoms with Gasteiger partial charge >= 0.3 is 5.97 Å². The topological polar surface area (TPSA) is 55.4 Å². The molecule has 4 nitrogen and oxygen atoms in total. The average molecular weight is 247 g/mol. The van der Waals surface area contributed by atoms with E-state index in [4.69, 9.17) is 4.74 Å². The number of carbonyl (C=O) groups excluding carboxylic acids is 2. The van der Waals surface area contributed by atoms with E-state index in [0.29, 0.717) is 5.92 Å². The molecule has 5 heteroatoms. The van der Waals surface area contributed by atoms with E-state index in [9.17, 15) is 9.59 Å². The van der Waals surface area contributed by atoms with Gasteiger partial charge in [-0.15, -0.1) is 0 Å². The molecule has 1 amide bonds. The fourth-order valence-corrected chi connectivity index (χ4v) is 1.66. The van der Waals surface area contributed by atoms with Gasteiger partial charge in [-0.2, -0.15) is 12.6 Å². The molecule has 0 spiro atoms. The van der Waals surface area contributed by atoms with Gasteiger partial charge in [0.25, 0.3) is 0 Å². The van der Waals surface area contributed by atoms with Gasteiger partial charge in [0.1, 0.15) is 6.04 Å². The van der Waals surface area contributed by atoms with Crippen LogP contribution in [0.25, 0.3) is 0 Å². The van der Waals surface area contributed by atoms with Crippen LogP contribution in [0.1, 0.15) is 34.1 Å². The van der Waals surface area contributed by atoms with Gasteiger partial charge in [0.15, 0.2) is 0 Å². The van der Waals surface area contributed by atoms with Crippen molar-refractivity contribution in [2.45, 2.75) is 46.3 Å². The molecule has 0 aliphatic heterocycles. The number of ether oxygens (including phenoxy) is 1. The van der Waals surface area contributed by atoms with Gasteiger partial charge in [0.2, 0.25) is 5.91 Å². The Kier molecular flexibility index (Phi) is 7.21. The minimum Gasteiger partial charge on any atom is -0.461 e. The van der Waals surface area contributed by atoms with Gasteiger partial charge in [-0.3, -0.25) is 4.79 Å². The van der Waals surface area contributed by atoms with Crippen molar-refractivity contribution in [1.29, 1.82) is 0 Å². The lowest BCUT2D eigenvalue weighted by Gasteiger charge is -2.19. The van der Waals surface area contributed by atoms with E-state index in [1.165, 1.54) is 6.92 Å². The van der Waals surface area contributed by atoms with Crippen molar-refractivity contribution in [2.24, 2.45) is 5.92 Å². The van der Waals surface area contributed by atoms with Crippen molar-refractivity contribution in [1.82, 2.24) is 5.32 Å². The molecule has 0 fully saturated rings. The Balaban J connectivity index is 4.15. The van der Waals surface area contributed by atoms with Crippen LogP contribution in [0, 0.1) is 5.92 Å². The molecule has 0 saturated heterocycles. The maximum absolute atomic E-state index is 11.6. The predicted octanol–water partition coefficient (Wildman–Crippen LogP) is 1.40.